The summed E-state index contributed by atoms with van der Waals surface area (Å²) in [5.41, 5.74) is 1.11. The molecule has 0 radical (unpaired) electrons. The molecule has 1 unspecified atom stereocenters. The van der Waals surface area contributed by atoms with Crippen LogP contribution in [0.3, 0.4) is 0 Å². The normalized spacial score (nSPS) is 18.6. The maximum absolute atomic E-state index is 5.93. The van der Waals surface area contributed by atoms with Gasteiger partial charge in [0.25, 0.3) is 0 Å². The molecule has 0 spiro atoms. The summed E-state index contributed by atoms with van der Waals surface area (Å²) in [6, 6.07) is 0. The Morgan fingerprint density at radius 2 is 2.32 bits per heavy atom. The van der Waals surface area contributed by atoms with Crippen LogP contribution in [-0.4, -0.2) is 51.9 Å². The number of guanidine groups is 1. The molecule has 2 aromatic heterocycles. The van der Waals surface area contributed by atoms with Crippen LogP contribution >= 0.6 is 11.3 Å². The first-order chi connectivity index (χ1) is 12.2. The Hall–Kier alpha value is -1.93. The summed E-state index contributed by atoms with van der Waals surface area (Å²) in [6.07, 6.45) is 6.89. The molecule has 8 heteroatoms. The maximum atomic E-state index is 5.93. The molecule has 0 aliphatic carbocycles. The van der Waals surface area contributed by atoms with Gasteiger partial charge in [0, 0.05) is 43.0 Å². The van der Waals surface area contributed by atoms with Crippen molar-refractivity contribution in [3.8, 4) is 0 Å². The fourth-order valence-corrected chi connectivity index (χ4v) is 3.59. The van der Waals surface area contributed by atoms with Gasteiger partial charge in [-0.25, -0.2) is 9.98 Å². The van der Waals surface area contributed by atoms with Crippen molar-refractivity contribution in [3.05, 3.63) is 34.0 Å². The molecule has 0 bridgehead atoms. The lowest BCUT2D eigenvalue weighted by Gasteiger charge is -2.34. The number of hydrogen-bond acceptors (Lipinski definition) is 5. The number of aliphatic imine (C=N–C) groups is 1. The third-order valence-corrected chi connectivity index (χ3v) is 5.24. The summed E-state index contributed by atoms with van der Waals surface area (Å²) in [5, 5.41) is 8.71. The summed E-state index contributed by atoms with van der Waals surface area (Å²) in [6.45, 7) is 7.98. The van der Waals surface area contributed by atoms with Crippen molar-refractivity contribution in [2.45, 2.75) is 32.9 Å². The lowest BCUT2D eigenvalue weighted by atomic mass is 10.1. The van der Waals surface area contributed by atoms with Crippen molar-refractivity contribution in [1.29, 1.82) is 0 Å². The largest absolute Gasteiger partial charge is 0.370 e. The van der Waals surface area contributed by atoms with Gasteiger partial charge in [0.05, 0.1) is 25.9 Å². The molecule has 0 saturated carbocycles. The summed E-state index contributed by atoms with van der Waals surface area (Å²) < 4.78 is 7.74. The number of ether oxygens (including phenoxy) is 1. The molecule has 1 atom stereocenters. The topological polar surface area (TPSA) is 67.6 Å². The van der Waals surface area contributed by atoms with Crippen molar-refractivity contribution in [2.75, 3.05) is 26.2 Å². The number of rotatable bonds is 5. The molecular formula is C17H26N6OS. The molecule has 1 aliphatic rings. The monoisotopic (exact) mass is 362 g/mol. The van der Waals surface area contributed by atoms with Gasteiger partial charge in [0.1, 0.15) is 11.1 Å². The molecule has 1 aliphatic heterocycles. The molecule has 1 N–H and O–H groups in total. The molecule has 3 heterocycles. The molecule has 0 amide bonds. The van der Waals surface area contributed by atoms with E-state index in [1.807, 2.05) is 30.3 Å². The predicted octanol–water partition coefficient (Wildman–Crippen LogP) is 1.98. The van der Waals surface area contributed by atoms with E-state index in [2.05, 4.69) is 34.1 Å². The van der Waals surface area contributed by atoms with Crippen LogP contribution in [0.4, 0.5) is 0 Å². The lowest BCUT2D eigenvalue weighted by Crippen LogP contribution is -2.48. The number of nitrogens with zero attached hydrogens (tertiary/aromatic N) is 5. The third-order valence-electron chi connectivity index (χ3n) is 4.11. The average Bonchev–Trinajstić information content (AvgIpc) is 3.27. The zero-order valence-corrected chi connectivity index (χ0v) is 15.9. The number of nitrogens with one attached hydrogen (secondary N) is 1. The fourth-order valence-electron chi connectivity index (χ4n) is 2.80. The van der Waals surface area contributed by atoms with E-state index in [0.717, 1.165) is 42.6 Å². The van der Waals surface area contributed by atoms with E-state index in [-0.39, 0.29) is 6.10 Å². The summed E-state index contributed by atoms with van der Waals surface area (Å²) in [7, 11) is 1.92. The van der Waals surface area contributed by atoms with E-state index in [1.54, 1.807) is 11.3 Å². The first-order valence-corrected chi connectivity index (χ1v) is 9.58. The van der Waals surface area contributed by atoms with Crippen molar-refractivity contribution < 1.29 is 4.74 Å². The number of hydrogen-bond donors (Lipinski definition) is 1. The number of thiazole rings is 1. The van der Waals surface area contributed by atoms with Crippen LogP contribution in [0.2, 0.25) is 0 Å². The van der Waals surface area contributed by atoms with Gasteiger partial charge in [-0.3, -0.25) is 4.68 Å². The van der Waals surface area contributed by atoms with Gasteiger partial charge in [-0.05, 0) is 13.3 Å². The third kappa shape index (κ3) is 4.58. The molecule has 1 fully saturated rings. The van der Waals surface area contributed by atoms with E-state index in [0.29, 0.717) is 13.2 Å². The number of aryl methyl sites for hydroxylation is 2. The van der Waals surface area contributed by atoms with Gasteiger partial charge in [-0.15, -0.1) is 11.3 Å². The Balaban J connectivity index is 1.69. The van der Waals surface area contributed by atoms with E-state index >= 15 is 0 Å². The van der Waals surface area contributed by atoms with Gasteiger partial charge in [-0.2, -0.15) is 5.10 Å². The Kier molecular flexibility index (Phi) is 6.04. The zero-order chi connectivity index (χ0) is 17.6. The van der Waals surface area contributed by atoms with Crippen molar-refractivity contribution in [3.63, 3.8) is 0 Å². The second-order valence-corrected chi connectivity index (χ2v) is 7.20. The standard InChI is InChI=1S/C17H26N6OS/c1-4-14-9-19-16(25-14)10-20-17(18-5-2)23-6-7-24-15(12-23)13-8-21-22(3)11-13/h8-9,11,15H,4-7,10,12H2,1-3H3,(H,18,20). The molecule has 1 saturated heterocycles. The van der Waals surface area contributed by atoms with E-state index in [1.165, 1.54) is 4.88 Å². The smallest absolute Gasteiger partial charge is 0.194 e. The fraction of sp³-hybridized carbons (Fsp3) is 0.588. The zero-order valence-electron chi connectivity index (χ0n) is 15.1. The molecule has 3 rings (SSSR count). The number of morpholine rings is 1. The van der Waals surface area contributed by atoms with Crippen LogP contribution in [0.1, 0.15) is 35.4 Å². The minimum atomic E-state index is 0.0258. The highest BCUT2D eigenvalue weighted by Gasteiger charge is 2.25. The Morgan fingerprint density at radius 3 is 3.00 bits per heavy atom. The Morgan fingerprint density at radius 1 is 1.44 bits per heavy atom. The van der Waals surface area contributed by atoms with Gasteiger partial charge >= 0.3 is 0 Å². The van der Waals surface area contributed by atoms with Crippen molar-refractivity contribution in [1.82, 2.24) is 25.0 Å². The Bertz CT molecular complexity index is 710. The maximum Gasteiger partial charge on any atom is 0.194 e. The second-order valence-electron chi connectivity index (χ2n) is 6.00. The number of aromatic nitrogens is 3. The van der Waals surface area contributed by atoms with Crippen LogP contribution in [-0.2, 0) is 24.8 Å². The minimum Gasteiger partial charge on any atom is -0.370 e. The molecular weight excluding hydrogens is 336 g/mol. The van der Waals surface area contributed by atoms with Crippen LogP contribution in [0, 0.1) is 0 Å². The van der Waals surface area contributed by atoms with E-state index in [4.69, 9.17) is 9.73 Å². The highest BCUT2D eigenvalue weighted by Crippen LogP contribution is 2.22. The molecule has 136 valence electrons. The first-order valence-electron chi connectivity index (χ1n) is 8.76. The summed E-state index contributed by atoms with van der Waals surface area (Å²) in [4.78, 5) is 12.8. The second kappa shape index (κ2) is 8.44. The summed E-state index contributed by atoms with van der Waals surface area (Å²) >= 11 is 1.74. The molecule has 25 heavy (non-hydrogen) atoms. The SMILES string of the molecule is CCNC(=NCc1ncc(CC)s1)N1CCOC(c2cnn(C)c2)C1. The van der Waals surface area contributed by atoms with E-state index < -0.39 is 0 Å². The van der Waals surface area contributed by atoms with Gasteiger partial charge in [-0.1, -0.05) is 6.92 Å². The van der Waals surface area contributed by atoms with Crippen LogP contribution < -0.4 is 5.32 Å². The van der Waals surface area contributed by atoms with Gasteiger partial charge < -0.3 is 15.0 Å². The predicted molar refractivity (Wildman–Crippen MR) is 99.8 cm³/mol. The quantitative estimate of drug-likeness (QED) is 0.651. The minimum absolute atomic E-state index is 0.0258. The van der Waals surface area contributed by atoms with Crippen molar-refractivity contribution in [2.24, 2.45) is 12.0 Å². The highest BCUT2D eigenvalue weighted by molar-refractivity contribution is 7.11. The Labute approximate surface area is 152 Å². The van der Waals surface area contributed by atoms with Crippen LogP contribution in [0.15, 0.2) is 23.6 Å². The molecule has 0 aromatic carbocycles. The molecule has 7 nitrogen and oxygen atoms in total. The van der Waals surface area contributed by atoms with Gasteiger partial charge in [0.15, 0.2) is 5.96 Å². The van der Waals surface area contributed by atoms with Crippen molar-refractivity contribution >= 4 is 17.3 Å². The van der Waals surface area contributed by atoms with Crippen LogP contribution in [0.5, 0.6) is 0 Å². The average molecular weight is 363 g/mol. The lowest BCUT2D eigenvalue weighted by molar-refractivity contribution is -0.00805. The first kappa shape index (κ1) is 17.9. The van der Waals surface area contributed by atoms with Gasteiger partial charge in [0.2, 0.25) is 0 Å². The highest BCUT2D eigenvalue weighted by atomic mass is 32.1. The van der Waals surface area contributed by atoms with Crippen LogP contribution in [0.25, 0.3) is 0 Å². The van der Waals surface area contributed by atoms with E-state index in [9.17, 15) is 0 Å². The summed E-state index contributed by atoms with van der Waals surface area (Å²) in [5.74, 6) is 0.924. The molecule has 2 aromatic rings.